The highest BCUT2D eigenvalue weighted by atomic mass is 32.2. The van der Waals surface area contributed by atoms with Crippen molar-refractivity contribution in [3.8, 4) is 5.75 Å². The zero-order chi connectivity index (χ0) is 63.9. The minimum Gasteiger partial charge on any atom is -0.494 e. The average Bonchev–Trinajstić information content (AvgIpc) is 1.58. The second-order valence-electron chi connectivity index (χ2n) is 24.8. The number of benzene rings is 1. The molecule has 6 rings (SSSR count). The van der Waals surface area contributed by atoms with Gasteiger partial charge >= 0.3 is 12.9 Å². The van der Waals surface area contributed by atoms with Gasteiger partial charge in [0, 0.05) is 80.0 Å². The van der Waals surface area contributed by atoms with Gasteiger partial charge in [-0.3, -0.25) is 28.5 Å². The van der Waals surface area contributed by atoms with Crippen molar-refractivity contribution in [3.05, 3.63) is 106 Å². The van der Waals surface area contributed by atoms with Gasteiger partial charge in [-0.15, -0.1) is 5.06 Å². The highest BCUT2D eigenvalue weighted by molar-refractivity contribution is 7.85. The molecule has 22 nitrogen and oxygen atoms in total. The van der Waals surface area contributed by atoms with Gasteiger partial charge in [-0.25, -0.2) is 4.79 Å². The van der Waals surface area contributed by atoms with E-state index in [0.29, 0.717) is 98.0 Å². The zero-order valence-corrected chi connectivity index (χ0v) is 52.8. The second kappa shape index (κ2) is 30.6. The monoisotopic (exact) mass is 1230 g/mol. The van der Waals surface area contributed by atoms with Crippen LogP contribution in [0.15, 0.2) is 72.1 Å². The SMILES string of the molecule is C=C1CCC(=O)N1OC(=O)CCCCCN(C)CCNC(=O)C(CS(=O)(=O)O)NC(=O)CNC(=O)C(CC)NC(=O)CCCOc1ccc(/C=C/c2cc(CCC[N+](C)(C)C)c3n2[B-](F)(F)[N+]2=C(c4ccc(C)[nH]4)C=C(CCC[N+](C)(C)C)C2=C3)cc1. The Balaban J connectivity index is 0.956. The van der Waals surface area contributed by atoms with E-state index in [9.17, 15) is 41.7 Å². The number of amides is 5. The summed E-state index contributed by atoms with van der Waals surface area (Å²) in [6, 6.07) is 10.1. The number of allylic oxidation sites excluding steroid dienone is 3. The average molecular weight is 1230 g/mol. The van der Waals surface area contributed by atoms with Crippen molar-refractivity contribution in [2.24, 2.45) is 0 Å². The number of hydroxylamine groups is 2. The summed E-state index contributed by atoms with van der Waals surface area (Å²) in [5, 5.41) is 10.8. The van der Waals surface area contributed by atoms with Gasteiger partial charge in [0.05, 0.1) is 74.2 Å². The minimum absolute atomic E-state index is 0.00348. The van der Waals surface area contributed by atoms with Crippen molar-refractivity contribution in [2.75, 3.05) is 101 Å². The molecule has 0 radical (unpaired) electrons. The van der Waals surface area contributed by atoms with Crippen LogP contribution in [0.1, 0.15) is 118 Å². The standard InChI is InChI=1S/C61H88BF2N11O11S/c1-11-50(60(80)66-41-57(77)69-52(42-87(82,83)84)61(81)65-32-34-70(4)33-14-12-13-21-59(79)86-73-44(3)23-31-58(73)78)68-56(76)20-17-37-85-49-28-25-45(26-29-49)24-27-48-38-46(18-15-35-74(5,6)7)53-40-54-47(19-16-36-75(8,9)10)39-55(51-30-22-43(2)67-51)72(54)62(63,64)71(48)53/h22,24-30,38-40,50,52,67H,3,11-21,23,31-37,41-42H2,1-2,4-10H3,(H3-2,65,66,68,69,76,77,80,81,82,83,84)/p+2/b27-24+. The van der Waals surface area contributed by atoms with Crippen molar-refractivity contribution in [1.29, 1.82) is 0 Å². The Morgan fingerprint density at radius 3 is 2.16 bits per heavy atom. The number of H-pyrrole nitrogens is 1. The summed E-state index contributed by atoms with van der Waals surface area (Å²) in [7, 11) is 9.84. The first-order valence-corrected chi connectivity index (χ1v) is 31.5. The Kier molecular flexibility index (Phi) is 24.2. The van der Waals surface area contributed by atoms with Crippen LogP contribution in [0.2, 0.25) is 0 Å². The molecule has 1 fully saturated rings. The maximum atomic E-state index is 17.6. The predicted octanol–water partition coefficient (Wildman–Crippen LogP) is 5.18. The fraction of sp³-hybridized carbons (Fsp3) is 0.525. The Hall–Kier alpha value is -7.26. The smallest absolute Gasteiger partial charge is 0.494 e. The van der Waals surface area contributed by atoms with Crippen molar-refractivity contribution >= 4 is 76.5 Å². The third-order valence-electron chi connectivity index (χ3n) is 15.1. The first-order chi connectivity index (χ1) is 40.9. The number of unbranched alkanes of at least 4 members (excludes halogenated alkanes) is 2. The van der Waals surface area contributed by atoms with Gasteiger partial charge in [0.25, 0.3) is 16.0 Å². The molecule has 0 aliphatic carbocycles. The third kappa shape index (κ3) is 21.0. The number of aryl methyl sites for hydroxylation is 2. The molecule has 0 bridgehead atoms. The van der Waals surface area contributed by atoms with E-state index < -0.39 is 71.1 Å². The molecule has 5 amide bonds. The summed E-state index contributed by atoms with van der Waals surface area (Å²) < 4.78 is 78.2. The number of quaternary nitrogens is 2. The lowest BCUT2D eigenvalue weighted by Gasteiger charge is -2.31. The number of aromatic amines is 1. The van der Waals surface area contributed by atoms with Crippen LogP contribution in [0.25, 0.3) is 18.2 Å². The number of rotatable bonds is 35. The van der Waals surface area contributed by atoms with Crippen molar-refractivity contribution in [3.63, 3.8) is 0 Å². The Bertz CT molecular complexity index is 3220. The first-order valence-electron chi connectivity index (χ1n) is 29.9. The molecule has 0 saturated carbocycles. The van der Waals surface area contributed by atoms with E-state index in [-0.39, 0.29) is 44.7 Å². The summed E-state index contributed by atoms with van der Waals surface area (Å²) in [6.07, 6.45) is 13.6. The van der Waals surface area contributed by atoms with Gasteiger partial charge in [0.15, 0.2) is 11.4 Å². The highest BCUT2D eigenvalue weighted by Gasteiger charge is 2.55. The van der Waals surface area contributed by atoms with Gasteiger partial charge in [-0.05, 0) is 113 Å². The number of ether oxygens (including phenoxy) is 1. The van der Waals surface area contributed by atoms with Crippen LogP contribution in [0, 0.1) is 6.92 Å². The zero-order valence-electron chi connectivity index (χ0n) is 52.0. The fourth-order valence-corrected chi connectivity index (χ4v) is 11.1. The van der Waals surface area contributed by atoms with E-state index >= 15 is 8.63 Å². The summed E-state index contributed by atoms with van der Waals surface area (Å²) in [5.41, 5.74) is 6.42. The largest absolute Gasteiger partial charge is 0.737 e. The van der Waals surface area contributed by atoms with Crippen LogP contribution in [0.4, 0.5) is 8.63 Å². The van der Waals surface area contributed by atoms with E-state index in [1.165, 1.54) is 8.96 Å². The maximum Gasteiger partial charge on any atom is 0.737 e. The molecule has 1 saturated heterocycles. The molecule has 87 heavy (non-hydrogen) atoms. The van der Waals surface area contributed by atoms with Gasteiger partial charge in [0.2, 0.25) is 23.6 Å². The molecule has 0 spiro atoms. The number of carbonyl (C=O) groups is 6. The van der Waals surface area contributed by atoms with Crippen molar-refractivity contribution in [2.45, 2.75) is 109 Å². The van der Waals surface area contributed by atoms with E-state index in [1.54, 1.807) is 32.2 Å². The Morgan fingerprint density at radius 2 is 1.53 bits per heavy atom. The lowest BCUT2D eigenvalue weighted by atomic mass is 9.88. The molecule has 476 valence electrons. The summed E-state index contributed by atoms with van der Waals surface area (Å²) in [4.78, 5) is 86.1. The molecule has 6 N–H and O–H groups in total. The number of hydrogen-bond acceptors (Lipinski definition) is 11. The Labute approximate surface area is 510 Å². The molecule has 3 aliphatic rings. The van der Waals surface area contributed by atoms with E-state index in [0.717, 1.165) is 62.4 Å². The van der Waals surface area contributed by atoms with Gasteiger partial charge in [-0.2, -0.15) is 8.42 Å². The maximum absolute atomic E-state index is 17.6. The number of aromatic nitrogens is 2. The topological polar surface area (TPSA) is 254 Å². The summed E-state index contributed by atoms with van der Waals surface area (Å²) >= 11 is 0. The number of hydrogen-bond donors (Lipinski definition) is 6. The number of halogens is 2. The third-order valence-corrected chi connectivity index (χ3v) is 15.9. The van der Waals surface area contributed by atoms with Crippen molar-refractivity contribution < 1.29 is 73.4 Å². The lowest BCUT2D eigenvalue weighted by molar-refractivity contribution is -0.870. The predicted molar refractivity (Wildman–Crippen MR) is 331 cm³/mol. The Morgan fingerprint density at radius 1 is 0.851 bits per heavy atom. The molecule has 1 aromatic carbocycles. The van der Waals surface area contributed by atoms with E-state index in [1.807, 2.05) is 60.4 Å². The second-order valence-corrected chi connectivity index (χ2v) is 26.3. The van der Waals surface area contributed by atoms with Crippen LogP contribution in [0.5, 0.6) is 5.75 Å². The summed E-state index contributed by atoms with van der Waals surface area (Å²) in [6.45, 7) is 5.23. The van der Waals surface area contributed by atoms with Crippen LogP contribution in [-0.4, -0.2) is 207 Å². The van der Waals surface area contributed by atoms with Crippen LogP contribution in [-0.2, 0) is 50.1 Å². The first kappa shape index (κ1) is 68.9. The van der Waals surface area contributed by atoms with E-state index in [2.05, 4.69) is 75.1 Å². The van der Waals surface area contributed by atoms with Crippen molar-refractivity contribution in [1.82, 2.24) is 40.7 Å². The summed E-state index contributed by atoms with van der Waals surface area (Å²) in [5.74, 6) is -4.37. The quantitative estimate of drug-likeness (QED) is 0.0193. The van der Waals surface area contributed by atoms with Crippen LogP contribution >= 0.6 is 0 Å². The number of likely N-dealkylation sites (N-methyl/N-ethyl adjacent to an activating group) is 1. The molecule has 2 aromatic heterocycles. The van der Waals surface area contributed by atoms with Gasteiger partial charge < -0.3 is 67.3 Å². The molecule has 3 aromatic rings. The molecule has 2 atom stereocenters. The molecule has 2 unspecified atom stereocenters. The number of nitrogens with zero attached hydrogens (tertiary/aromatic N) is 6. The minimum atomic E-state index is -4.73. The highest BCUT2D eigenvalue weighted by Crippen LogP contribution is 2.40. The number of nitrogens with one attached hydrogen (secondary N) is 5. The van der Waals surface area contributed by atoms with Gasteiger partial charge in [-0.1, -0.05) is 38.1 Å². The fourth-order valence-electron chi connectivity index (χ4n) is 10.5. The molecule has 3 aliphatic heterocycles. The normalized spacial score (nSPS) is 15.7. The number of fused-ring (bicyclic) bond motifs is 2. The number of carbonyl (C=O) groups excluding carboxylic acids is 6. The molecule has 5 heterocycles. The molecular formula is C61H90BF2N11O11S+2. The van der Waals surface area contributed by atoms with E-state index in [4.69, 9.17) is 9.57 Å². The molecular weight excluding hydrogens is 1140 g/mol. The van der Waals surface area contributed by atoms with Gasteiger partial charge in [0.1, 0.15) is 29.3 Å². The lowest BCUT2D eigenvalue weighted by Crippen LogP contribution is -2.54. The van der Waals surface area contributed by atoms with Crippen LogP contribution in [0.3, 0.4) is 0 Å². The van der Waals surface area contributed by atoms with Crippen LogP contribution < -0.4 is 26.0 Å². The molecule has 26 heteroatoms.